The van der Waals surface area contributed by atoms with E-state index in [0.29, 0.717) is 23.6 Å². The van der Waals surface area contributed by atoms with E-state index in [0.717, 1.165) is 6.42 Å². The van der Waals surface area contributed by atoms with Crippen molar-refractivity contribution in [2.75, 3.05) is 19.5 Å². The van der Waals surface area contributed by atoms with Gasteiger partial charge in [-0.2, -0.15) is 0 Å². The van der Waals surface area contributed by atoms with Gasteiger partial charge in [-0.05, 0) is 18.6 Å². The van der Waals surface area contributed by atoms with Gasteiger partial charge in [0.15, 0.2) is 0 Å². The highest BCUT2D eigenvalue weighted by atomic mass is 16.5. The molecule has 4 nitrogen and oxygen atoms in total. The van der Waals surface area contributed by atoms with Crippen LogP contribution in [0.15, 0.2) is 30.9 Å². The zero-order valence-corrected chi connectivity index (χ0v) is 9.23. The Hall–Kier alpha value is -1.97. The molecule has 0 spiro atoms. The average Bonchev–Trinajstić information content (AvgIpc) is 2.29. The first-order chi connectivity index (χ1) is 7.69. The molecule has 0 unspecified atom stereocenters. The molecule has 1 aromatic carbocycles. The first-order valence-electron chi connectivity index (χ1n) is 4.90. The normalized spacial score (nSPS) is 9.56. The van der Waals surface area contributed by atoms with Crippen molar-refractivity contribution in [2.24, 2.45) is 0 Å². The second kappa shape index (κ2) is 5.80. The highest BCUT2D eigenvalue weighted by molar-refractivity contribution is 5.95. The third-order valence-corrected chi connectivity index (χ3v) is 2.02. The average molecular weight is 221 g/mol. The van der Waals surface area contributed by atoms with Crippen LogP contribution in [0, 0.1) is 0 Å². The second-order valence-electron chi connectivity index (χ2n) is 3.17. The van der Waals surface area contributed by atoms with Gasteiger partial charge in [0.25, 0.3) is 0 Å². The van der Waals surface area contributed by atoms with Crippen LogP contribution in [0.4, 0.5) is 5.69 Å². The van der Waals surface area contributed by atoms with Gasteiger partial charge in [0, 0.05) is 11.8 Å². The van der Waals surface area contributed by atoms with E-state index in [4.69, 9.17) is 10.5 Å². The number of carbonyl (C=O) groups is 1. The first kappa shape index (κ1) is 12.1. The molecular formula is C12H15NO3. The van der Waals surface area contributed by atoms with Gasteiger partial charge in [-0.3, -0.25) is 0 Å². The Kier molecular flexibility index (Phi) is 4.39. The molecule has 16 heavy (non-hydrogen) atoms. The summed E-state index contributed by atoms with van der Waals surface area (Å²) in [6.45, 7) is 4.13. The molecule has 0 aliphatic rings. The standard InChI is InChI=1S/C12H15NO3/c1-3-4-7-16-9-5-6-10(11(13)8-9)12(14)15-2/h3,5-6,8H,1,4,7,13H2,2H3. The van der Waals surface area contributed by atoms with Crippen LogP contribution >= 0.6 is 0 Å². The predicted octanol–water partition coefficient (Wildman–Crippen LogP) is 2.01. The fourth-order valence-electron chi connectivity index (χ4n) is 1.19. The summed E-state index contributed by atoms with van der Waals surface area (Å²) in [7, 11) is 1.32. The molecule has 4 heteroatoms. The molecular weight excluding hydrogens is 206 g/mol. The van der Waals surface area contributed by atoms with Crippen LogP contribution in [-0.2, 0) is 4.74 Å². The van der Waals surface area contributed by atoms with Gasteiger partial charge in [0.05, 0.1) is 19.3 Å². The number of nitrogen functional groups attached to an aromatic ring is 1. The summed E-state index contributed by atoms with van der Waals surface area (Å²) in [6, 6.07) is 4.88. The molecule has 86 valence electrons. The Bertz CT molecular complexity index is 388. The van der Waals surface area contributed by atoms with E-state index in [-0.39, 0.29) is 0 Å². The Labute approximate surface area is 94.7 Å². The van der Waals surface area contributed by atoms with Gasteiger partial charge < -0.3 is 15.2 Å². The lowest BCUT2D eigenvalue weighted by Crippen LogP contribution is -2.06. The third-order valence-electron chi connectivity index (χ3n) is 2.02. The van der Waals surface area contributed by atoms with Gasteiger partial charge in [-0.1, -0.05) is 6.08 Å². The van der Waals surface area contributed by atoms with Gasteiger partial charge >= 0.3 is 5.97 Å². The van der Waals surface area contributed by atoms with Crippen molar-refractivity contribution in [1.82, 2.24) is 0 Å². The molecule has 2 N–H and O–H groups in total. The molecule has 0 heterocycles. The maximum atomic E-state index is 11.2. The van der Waals surface area contributed by atoms with E-state index in [2.05, 4.69) is 11.3 Å². The van der Waals surface area contributed by atoms with Crippen LogP contribution < -0.4 is 10.5 Å². The maximum absolute atomic E-state index is 11.2. The van der Waals surface area contributed by atoms with Crippen molar-refractivity contribution >= 4 is 11.7 Å². The van der Waals surface area contributed by atoms with E-state index in [1.165, 1.54) is 7.11 Å². The van der Waals surface area contributed by atoms with Gasteiger partial charge in [0.1, 0.15) is 5.75 Å². The Balaban J connectivity index is 2.74. The topological polar surface area (TPSA) is 61.5 Å². The van der Waals surface area contributed by atoms with Crippen LogP contribution in [0.2, 0.25) is 0 Å². The van der Waals surface area contributed by atoms with Crippen molar-refractivity contribution in [3.63, 3.8) is 0 Å². The lowest BCUT2D eigenvalue weighted by Gasteiger charge is -2.08. The zero-order chi connectivity index (χ0) is 12.0. The molecule has 0 radical (unpaired) electrons. The maximum Gasteiger partial charge on any atom is 0.339 e. The smallest absolute Gasteiger partial charge is 0.339 e. The van der Waals surface area contributed by atoms with Gasteiger partial charge in [-0.15, -0.1) is 6.58 Å². The fourth-order valence-corrected chi connectivity index (χ4v) is 1.19. The SMILES string of the molecule is C=CCCOc1ccc(C(=O)OC)c(N)c1. The summed E-state index contributed by atoms with van der Waals surface area (Å²) in [4.78, 5) is 11.2. The number of methoxy groups -OCH3 is 1. The molecule has 0 saturated carbocycles. The Morgan fingerprint density at radius 1 is 1.56 bits per heavy atom. The minimum atomic E-state index is -0.449. The number of nitrogens with two attached hydrogens (primary N) is 1. The molecule has 0 saturated heterocycles. The quantitative estimate of drug-likeness (QED) is 0.357. The highest BCUT2D eigenvalue weighted by Gasteiger charge is 2.10. The molecule has 0 bridgehead atoms. The monoisotopic (exact) mass is 221 g/mol. The lowest BCUT2D eigenvalue weighted by molar-refractivity contribution is 0.0602. The summed E-state index contributed by atoms with van der Waals surface area (Å²) in [6.07, 6.45) is 2.53. The zero-order valence-electron chi connectivity index (χ0n) is 9.23. The molecule has 1 aromatic rings. The third kappa shape index (κ3) is 3.02. The van der Waals surface area contributed by atoms with E-state index < -0.39 is 5.97 Å². The van der Waals surface area contributed by atoms with Crippen LogP contribution in [-0.4, -0.2) is 19.7 Å². The number of benzene rings is 1. The first-order valence-corrected chi connectivity index (χ1v) is 4.90. The van der Waals surface area contributed by atoms with Crippen molar-refractivity contribution in [1.29, 1.82) is 0 Å². The van der Waals surface area contributed by atoms with Crippen LogP contribution in [0.5, 0.6) is 5.75 Å². The number of carbonyl (C=O) groups excluding carboxylic acids is 1. The van der Waals surface area contributed by atoms with Crippen molar-refractivity contribution in [3.8, 4) is 5.75 Å². The number of hydrogen-bond acceptors (Lipinski definition) is 4. The Morgan fingerprint density at radius 3 is 2.88 bits per heavy atom. The Morgan fingerprint density at radius 2 is 2.31 bits per heavy atom. The fraction of sp³-hybridized carbons (Fsp3) is 0.250. The molecule has 0 fully saturated rings. The van der Waals surface area contributed by atoms with Crippen molar-refractivity contribution in [2.45, 2.75) is 6.42 Å². The largest absolute Gasteiger partial charge is 0.493 e. The van der Waals surface area contributed by atoms with E-state index in [9.17, 15) is 4.79 Å². The number of anilines is 1. The molecule has 0 aliphatic carbocycles. The highest BCUT2D eigenvalue weighted by Crippen LogP contribution is 2.20. The van der Waals surface area contributed by atoms with Crippen molar-refractivity contribution in [3.05, 3.63) is 36.4 Å². The van der Waals surface area contributed by atoms with Crippen LogP contribution in [0.25, 0.3) is 0 Å². The summed E-state index contributed by atoms with van der Waals surface area (Å²) in [5, 5.41) is 0. The molecule has 1 rings (SSSR count). The van der Waals surface area contributed by atoms with E-state index >= 15 is 0 Å². The molecule has 0 aromatic heterocycles. The van der Waals surface area contributed by atoms with E-state index in [1.807, 2.05) is 0 Å². The van der Waals surface area contributed by atoms with Crippen LogP contribution in [0.1, 0.15) is 16.8 Å². The molecule has 0 atom stereocenters. The number of ether oxygens (including phenoxy) is 2. The lowest BCUT2D eigenvalue weighted by atomic mass is 10.2. The summed E-state index contributed by atoms with van der Waals surface area (Å²) < 4.78 is 9.97. The second-order valence-corrected chi connectivity index (χ2v) is 3.17. The number of esters is 1. The van der Waals surface area contributed by atoms with Crippen molar-refractivity contribution < 1.29 is 14.3 Å². The van der Waals surface area contributed by atoms with Gasteiger partial charge in [0.2, 0.25) is 0 Å². The number of rotatable bonds is 5. The predicted molar refractivity (Wildman–Crippen MR) is 62.5 cm³/mol. The van der Waals surface area contributed by atoms with Crippen LogP contribution in [0.3, 0.4) is 0 Å². The van der Waals surface area contributed by atoms with Gasteiger partial charge in [-0.25, -0.2) is 4.79 Å². The molecule has 0 aliphatic heterocycles. The summed E-state index contributed by atoms with van der Waals surface area (Å²) >= 11 is 0. The minimum Gasteiger partial charge on any atom is -0.493 e. The summed E-state index contributed by atoms with van der Waals surface area (Å²) in [5.41, 5.74) is 6.40. The molecule has 0 amide bonds. The number of hydrogen-bond donors (Lipinski definition) is 1. The minimum absolute atomic E-state index is 0.346. The van der Waals surface area contributed by atoms with E-state index in [1.54, 1.807) is 24.3 Å². The summed E-state index contributed by atoms with van der Waals surface area (Å²) in [5.74, 6) is 0.183.